The zero-order chi connectivity index (χ0) is 16.9. The Hall–Kier alpha value is -1.66. The predicted molar refractivity (Wildman–Crippen MR) is 94.4 cm³/mol. The zero-order valence-electron chi connectivity index (χ0n) is 12.3. The first-order valence-electron chi connectivity index (χ1n) is 6.51. The van der Waals surface area contributed by atoms with Gasteiger partial charge in [-0.15, -0.1) is 0 Å². The van der Waals surface area contributed by atoms with Crippen LogP contribution in [0, 0.1) is 0 Å². The first-order chi connectivity index (χ1) is 10.3. The Bertz CT molecular complexity index is 660. The molecule has 6 heteroatoms. The number of carboxylic acid groups (broad SMARTS) is 2. The molecule has 2 N–H and O–H groups in total. The molecule has 1 rings (SSSR count). The van der Waals surface area contributed by atoms with Crippen molar-refractivity contribution in [2.45, 2.75) is 25.4 Å². The molecule has 22 heavy (non-hydrogen) atoms. The molecule has 0 heterocycles. The van der Waals surface area contributed by atoms with E-state index in [-0.39, 0.29) is 11.1 Å². The molecule has 0 unspecified atom stereocenters. The molecule has 0 amide bonds. The van der Waals surface area contributed by atoms with Crippen LogP contribution in [0.4, 0.5) is 0 Å². The molecule has 0 saturated carbocycles. The van der Waals surface area contributed by atoms with Crippen molar-refractivity contribution in [1.82, 2.24) is 0 Å². The van der Waals surface area contributed by atoms with Crippen molar-refractivity contribution < 1.29 is 19.8 Å². The van der Waals surface area contributed by atoms with Crippen LogP contribution in [0.25, 0.3) is 12.2 Å². The van der Waals surface area contributed by atoms with Crippen LogP contribution in [0.2, 0.25) is 0 Å². The zero-order valence-corrected chi connectivity index (χ0v) is 14.1. The van der Waals surface area contributed by atoms with E-state index in [4.69, 9.17) is 10.2 Å². The summed E-state index contributed by atoms with van der Waals surface area (Å²) in [5.74, 6) is -1.14. The van der Waals surface area contributed by atoms with Gasteiger partial charge in [0, 0.05) is 22.7 Å². The van der Waals surface area contributed by atoms with Crippen LogP contribution in [0.3, 0.4) is 0 Å². The second kappa shape index (κ2) is 8.10. The van der Waals surface area contributed by atoms with Crippen LogP contribution in [0.15, 0.2) is 23.3 Å². The van der Waals surface area contributed by atoms with Gasteiger partial charge >= 0.3 is 11.9 Å². The molecular formula is C16H18O4S2. The van der Waals surface area contributed by atoms with E-state index in [2.05, 4.69) is 25.3 Å². The summed E-state index contributed by atoms with van der Waals surface area (Å²) in [6, 6.07) is 3.62. The standard InChI is InChI=1S/C16H18O4S2/c1-9(15(17)18)5-11-3-4-12(7-21)14(8-22)13(11)6-10(2)16(19)20/h3-6,21-22H,7-8H2,1-2H3,(H,17,18)(H,19,20). The number of carbonyl (C=O) groups is 2. The van der Waals surface area contributed by atoms with Gasteiger partial charge in [0.2, 0.25) is 0 Å². The Kier molecular flexibility index (Phi) is 6.77. The Labute approximate surface area is 140 Å². The lowest BCUT2D eigenvalue weighted by atomic mass is 9.94. The van der Waals surface area contributed by atoms with E-state index in [9.17, 15) is 9.59 Å². The van der Waals surface area contributed by atoms with E-state index in [0.717, 1.165) is 11.1 Å². The molecule has 0 radical (unpaired) electrons. The van der Waals surface area contributed by atoms with Gasteiger partial charge in [0.25, 0.3) is 0 Å². The van der Waals surface area contributed by atoms with Gasteiger partial charge in [0.1, 0.15) is 0 Å². The highest BCUT2D eigenvalue weighted by Gasteiger charge is 2.12. The minimum Gasteiger partial charge on any atom is -0.478 e. The predicted octanol–water partition coefficient (Wildman–Crippen LogP) is 3.52. The molecule has 1 aromatic carbocycles. The fourth-order valence-corrected chi connectivity index (χ4v) is 2.60. The van der Waals surface area contributed by atoms with Gasteiger partial charge < -0.3 is 10.2 Å². The number of thiol groups is 2. The smallest absolute Gasteiger partial charge is 0.331 e. The fourth-order valence-electron chi connectivity index (χ4n) is 1.93. The number of hydrogen-bond donors (Lipinski definition) is 4. The maximum atomic E-state index is 11.1. The maximum absolute atomic E-state index is 11.1. The Morgan fingerprint density at radius 3 is 2.00 bits per heavy atom. The SMILES string of the molecule is CC(=Cc1ccc(CS)c(CS)c1C=C(C)C(=O)O)C(=O)O. The second-order valence-corrected chi connectivity index (χ2v) is 5.42. The lowest BCUT2D eigenvalue weighted by Gasteiger charge is -2.13. The molecule has 4 nitrogen and oxygen atoms in total. The lowest BCUT2D eigenvalue weighted by Crippen LogP contribution is -2.02. The molecule has 0 aromatic heterocycles. The third-order valence-corrected chi connectivity index (χ3v) is 3.88. The third kappa shape index (κ3) is 4.42. The summed E-state index contributed by atoms with van der Waals surface area (Å²) in [6.07, 6.45) is 3.07. The van der Waals surface area contributed by atoms with Crippen molar-refractivity contribution >= 4 is 49.3 Å². The Morgan fingerprint density at radius 2 is 1.55 bits per heavy atom. The summed E-state index contributed by atoms with van der Waals surface area (Å²) in [4.78, 5) is 22.1. The van der Waals surface area contributed by atoms with Crippen LogP contribution in [-0.2, 0) is 21.1 Å². The fraction of sp³-hybridized carbons (Fsp3) is 0.250. The summed E-state index contributed by atoms with van der Waals surface area (Å²) in [7, 11) is 0. The Balaban J connectivity index is 3.64. The van der Waals surface area contributed by atoms with Gasteiger partial charge in [-0.25, -0.2) is 9.59 Å². The van der Waals surface area contributed by atoms with Gasteiger partial charge in [-0.1, -0.05) is 12.1 Å². The first-order valence-corrected chi connectivity index (χ1v) is 7.78. The van der Waals surface area contributed by atoms with Crippen LogP contribution >= 0.6 is 25.3 Å². The van der Waals surface area contributed by atoms with Crippen molar-refractivity contribution in [3.05, 3.63) is 45.5 Å². The molecule has 0 aliphatic carbocycles. The van der Waals surface area contributed by atoms with Crippen LogP contribution in [0.1, 0.15) is 36.1 Å². The highest BCUT2D eigenvalue weighted by molar-refractivity contribution is 7.79. The number of rotatable bonds is 6. The van der Waals surface area contributed by atoms with Gasteiger partial charge in [-0.2, -0.15) is 25.3 Å². The van der Waals surface area contributed by atoms with Crippen LogP contribution in [0.5, 0.6) is 0 Å². The molecule has 0 bridgehead atoms. The normalized spacial score (nSPS) is 12.4. The summed E-state index contributed by atoms with van der Waals surface area (Å²) in [5, 5.41) is 18.1. The van der Waals surface area contributed by atoms with E-state index >= 15 is 0 Å². The number of hydrogen-bond acceptors (Lipinski definition) is 4. The third-order valence-electron chi connectivity index (χ3n) is 3.22. The molecule has 0 atom stereocenters. The second-order valence-electron chi connectivity index (χ2n) is 4.79. The average Bonchev–Trinajstić information content (AvgIpc) is 2.47. The number of benzene rings is 1. The highest BCUT2D eigenvalue weighted by atomic mass is 32.1. The molecule has 1 aromatic rings. The van der Waals surface area contributed by atoms with Gasteiger partial charge in [0.05, 0.1) is 0 Å². The van der Waals surface area contributed by atoms with Crippen molar-refractivity contribution in [2.24, 2.45) is 0 Å². The summed E-state index contributed by atoms with van der Waals surface area (Å²) in [5.41, 5.74) is 3.45. The van der Waals surface area contributed by atoms with E-state index < -0.39 is 11.9 Å². The van der Waals surface area contributed by atoms with Crippen molar-refractivity contribution in [3.8, 4) is 0 Å². The Morgan fingerprint density at radius 1 is 1.00 bits per heavy atom. The van der Waals surface area contributed by atoms with Crippen molar-refractivity contribution in [1.29, 1.82) is 0 Å². The summed E-state index contributed by atoms with van der Waals surface area (Å²) in [6.45, 7) is 2.99. The summed E-state index contributed by atoms with van der Waals surface area (Å²) >= 11 is 8.58. The van der Waals surface area contributed by atoms with E-state index in [1.54, 1.807) is 12.1 Å². The first kappa shape index (κ1) is 18.4. The maximum Gasteiger partial charge on any atom is 0.331 e. The monoisotopic (exact) mass is 338 g/mol. The highest BCUT2D eigenvalue weighted by Crippen LogP contribution is 2.27. The molecule has 0 saturated heterocycles. The van der Waals surface area contributed by atoms with Gasteiger partial charge in [0.15, 0.2) is 0 Å². The minimum absolute atomic E-state index is 0.168. The van der Waals surface area contributed by atoms with Crippen LogP contribution < -0.4 is 0 Å². The van der Waals surface area contributed by atoms with Crippen LogP contribution in [-0.4, -0.2) is 22.2 Å². The van der Waals surface area contributed by atoms with E-state index in [0.29, 0.717) is 22.6 Å². The van der Waals surface area contributed by atoms with Crippen molar-refractivity contribution in [2.75, 3.05) is 0 Å². The van der Waals surface area contributed by atoms with Gasteiger partial charge in [-0.05, 0) is 48.3 Å². The lowest BCUT2D eigenvalue weighted by molar-refractivity contribution is -0.133. The van der Waals surface area contributed by atoms with Gasteiger partial charge in [-0.3, -0.25) is 0 Å². The number of carboxylic acids is 2. The average molecular weight is 338 g/mol. The van der Waals surface area contributed by atoms with Crippen molar-refractivity contribution in [3.63, 3.8) is 0 Å². The largest absolute Gasteiger partial charge is 0.478 e. The number of aliphatic carboxylic acids is 2. The minimum atomic E-state index is -1.02. The molecule has 0 aliphatic heterocycles. The molecule has 0 spiro atoms. The van der Waals surface area contributed by atoms with E-state index in [1.807, 2.05) is 6.07 Å². The topological polar surface area (TPSA) is 74.6 Å². The van der Waals surface area contributed by atoms with E-state index in [1.165, 1.54) is 19.9 Å². The molecule has 0 aliphatic rings. The molecule has 118 valence electrons. The molecule has 0 fully saturated rings. The summed E-state index contributed by atoms with van der Waals surface area (Å²) < 4.78 is 0. The molecular weight excluding hydrogens is 320 g/mol. The quantitative estimate of drug-likeness (QED) is 0.473.